The first kappa shape index (κ1) is 4.53. The zero-order valence-electron chi connectivity index (χ0n) is 3.03. The average molecular weight is 154 g/mol. The van der Waals surface area contributed by atoms with E-state index in [2.05, 4.69) is 0 Å². The normalized spacial score (nSPS) is 18.8. The molecule has 0 rings (SSSR count). The zero-order valence-corrected chi connectivity index (χ0v) is 5.33. The summed E-state index contributed by atoms with van der Waals surface area (Å²) in [4.78, 5) is 0. The van der Waals surface area contributed by atoms with Gasteiger partial charge in [0.05, 0.1) is 0 Å². The van der Waals surface area contributed by atoms with Gasteiger partial charge in [0.2, 0.25) is 0 Å². The highest BCUT2D eigenvalue weighted by Gasteiger charge is 1.91. The molecule has 0 spiro atoms. The van der Waals surface area contributed by atoms with Crippen molar-refractivity contribution in [1.82, 2.24) is 0 Å². The molecule has 0 N–H and O–H groups in total. The van der Waals surface area contributed by atoms with Crippen LogP contribution in [0.3, 0.4) is 0 Å². The van der Waals surface area contributed by atoms with Gasteiger partial charge in [-0.15, -0.1) is 0 Å². The maximum Gasteiger partial charge on any atom is 0.139 e. The lowest BCUT2D eigenvalue weighted by molar-refractivity contribution is 0.936. The van der Waals surface area contributed by atoms with Crippen molar-refractivity contribution in [3.8, 4) is 0 Å². The fourth-order valence-corrected chi connectivity index (χ4v) is 0. The third-order valence-corrected chi connectivity index (χ3v) is 1.54. The number of hydrogen-bond acceptors (Lipinski definition) is 0. The van der Waals surface area contributed by atoms with Crippen molar-refractivity contribution >= 4 is 37.3 Å². The van der Waals surface area contributed by atoms with E-state index in [1.165, 1.54) is 0 Å². The second-order valence-electron chi connectivity index (χ2n) is 0.291. The topological polar surface area (TPSA) is 0 Å². The monoisotopic (exact) mass is 153 g/mol. The maximum absolute atomic E-state index is 11.3. The van der Waals surface area contributed by atoms with Crippen LogP contribution in [-0.4, -0.2) is 1.28 Å². The third-order valence-electron chi connectivity index (χ3n) is 0.0571. The van der Waals surface area contributed by atoms with Crippen molar-refractivity contribution in [3.05, 3.63) is 0 Å². The molecule has 1 unspecified atom stereocenters. The predicted molar refractivity (Wildman–Crippen MR) is 28.0 cm³/mol. The van der Waals surface area contributed by atoms with Gasteiger partial charge in [-0.3, -0.25) is 0 Å². The van der Waals surface area contributed by atoms with E-state index in [0.29, 0.717) is 0 Å². The van der Waals surface area contributed by atoms with Gasteiger partial charge in [-0.05, 0) is 0 Å². The Morgan fingerprint density at radius 3 is 2.20 bits per heavy atom. The highest BCUT2D eigenvalue weighted by atomic mass is 35.9. The lowest BCUT2D eigenvalue weighted by Gasteiger charge is -1.80. The summed E-state index contributed by atoms with van der Waals surface area (Å²) in [7, 11) is -2.31. The van der Waals surface area contributed by atoms with Crippen LogP contribution >= 0.6 is 37.3 Å². The molecule has 0 aliphatic heterocycles. The molecule has 0 aliphatic carbocycles. The van der Waals surface area contributed by atoms with Crippen molar-refractivity contribution in [1.29, 1.82) is 1.28 Å². The van der Waals surface area contributed by atoms with Gasteiger partial charge in [-0.1, -0.05) is 22.5 Å². The number of halogens is 3. The lowest BCUT2D eigenvalue weighted by atomic mass is 18.9. The van der Waals surface area contributed by atoms with Gasteiger partial charge in [-0.2, -0.15) is 0 Å². The second-order valence-corrected chi connectivity index (χ2v) is 6.49. The minimum absolute atomic E-state index is 1.65. The van der Waals surface area contributed by atoms with Gasteiger partial charge in [0, 0.05) is 0 Å². The molecule has 0 fully saturated rings. The average Bonchev–Trinajstić information content (AvgIpc) is 1.36. The van der Waals surface area contributed by atoms with Gasteiger partial charge >= 0.3 is 0 Å². The molecule has 0 aromatic heterocycles. The van der Waals surface area contributed by atoms with Crippen molar-refractivity contribution in [2.45, 2.75) is 0 Å². The van der Waals surface area contributed by atoms with E-state index < -0.39 is 14.8 Å². The molecule has 0 bridgehead atoms. The van der Waals surface area contributed by atoms with Crippen molar-refractivity contribution in [3.63, 3.8) is 0 Å². The van der Waals surface area contributed by atoms with Gasteiger partial charge in [-0.25, -0.2) is 4.20 Å². The van der Waals surface area contributed by atoms with E-state index in [0.717, 1.165) is 0 Å². The van der Waals surface area contributed by atoms with Crippen LogP contribution in [0, 0.1) is 0 Å². The summed E-state index contributed by atoms with van der Waals surface area (Å²) in [6.07, 6.45) is -1.65. The summed E-state index contributed by atoms with van der Waals surface area (Å²) in [5, 5.41) is 0. The molecule has 0 radical (unpaired) electrons. The van der Waals surface area contributed by atoms with E-state index in [9.17, 15) is 4.20 Å². The SMILES string of the molecule is [2H]P(F)P(Cl)Cl. The van der Waals surface area contributed by atoms with E-state index in [1.807, 2.05) is 0 Å². The Morgan fingerprint density at radius 2 is 2.20 bits per heavy atom. The largest absolute Gasteiger partial charge is 0.223 e. The molecular weight excluding hydrogens is 152 g/mol. The summed E-state index contributed by atoms with van der Waals surface area (Å²) >= 11 is 9.82. The standard InChI is InChI=1S/Cl2FHP2/c1-5(2)4-3/h4H/i4D. The van der Waals surface area contributed by atoms with Gasteiger partial charge in [0.25, 0.3) is 0 Å². The summed E-state index contributed by atoms with van der Waals surface area (Å²) in [5.74, 6) is 0. The Morgan fingerprint density at radius 1 is 2.00 bits per heavy atom. The van der Waals surface area contributed by atoms with Crippen LogP contribution in [-0.2, 0) is 0 Å². The number of hydrogen-bond donors (Lipinski definition) is 0. The van der Waals surface area contributed by atoms with Gasteiger partial charge < -0.3 is 0 Å². The quantitative estimate of drug-likeness (QED) is 0.508. The third kappa shape index (κ3) is 5.37. The fourth-order valence-electron chi connectivity index (χ4n) is 0. The Kier molecular flexibility index (Phi) is 3.22. The van der Waals surface area contributed by atoms with Gasteiger partial charge in [0.1, 0.15) is 16.1 Å². The summed E-state index contributed by atoms with van der Waals surface area (Å²) in [6.45, 7) is 0. The molecule has 0 heterocycles. The maximum atomic E-state index is 11.3. The molecule has 0 saturated carbocycles. The predicted octanol–water partition coefficient (Wildman–Crippen LogP) is 3.25. The molecule has 0 aromatic carbocycles. The minimum atomic E-state index is -2.31. The Hall–Kier alpha value is 1.37. The molecule has 0 nitrogen and oxygen atoms in total. The first-order chi connectivity index (χ1) is 2.64. The van der Waals surface area contributed by atoms with Crippen LogP contribution in [0.4, 0.5) is 4.20 Å². The molecule has 1 atom stereocenters. The number of rotatable bonds is 1. The van der Waals surface area contributed by atoms with Crippen LogP contribution in [0.1, 0.15) is 0 Å². The first-order valence-electron chi connectivity index (χ1n) is 1.15. The summed E-state index contributed by atoms with van der Waals surface area (Å²) in [6, 6.07) is 0. The Bertz CT molecular complexity index is 32.5. The van der Waals surface area contributed by atoms with Crippen LogP contribution in [0.2, 0.25) is 0 Å². The molecule has 0 saturated heterocycles. The van der Waals surface area contributed by atoms with Crippen LogP contribution in [0.25, 0.3) is 0 Å². The van der Waals surface area contributed by atoms with Crippen LogP contribution < -0.4 is 0 Å². The molecule has 5 heteroatoms. The molecule has 5 heavy (non-hydrogen) atoms. The van der Waals surface area contributed by atoms with E-state index in [-0.39, 0.29) is 0 Å². The molecular formula is HCl2FP2. The van der Waals surface area contributed by atoms with E-state index in [1.54, 1.807) is 0 Å². The molecule has 0 aliphatic rings. The molecule has 0 aromatic rings. The van der Waals surface area contributed by atoms with Crippen LogP contribution in [0.15, 0.2) is 0 Å². The van der Waals surface area contributed by atoms with Crippen LogP contribution in [0.5, 0.6) is 0 Å². The van der Waals surface area contributed by atoms with Crippen molar-refractivity contribution in [2.75, 3.05) is 0 Å². The second kappa shape index (κ2) is 3.56. The highest BCUT2D eigenvalue weighted by Crippen LogP contribution is 2.64. The first-order valence-corrected chi connectivity index (χ1v) is 5.35. The summed E-state index contributed by atoms with van der Waals surface area (Å²) in [5.41, 5.74) is 0. The minimum Gasteiger partial charge on any atom is -0.223 e. The summed E-state index contributed by atoms with van der Waals surface area (Å²) < 4.78 is 17.5. The smallest absolute Gasteiger partial charge is 0.139 e. The van der Waals surface area contributed by atoms with E-state index >= 15 is 0 Å². The fraction of sp³-hybridized carbons (Fsp3) is 0. The zero-order chi connectivity index (χ0) is 5.15. The Balaban J connectivity index is 2.99. The Labute approximate surface area is 43.4 Å². The van der Waals surface area contributed by atoms with E-state index in [4.69, 9.17) is 23.8 Å². The van der Waals surface area contributed by atoms with Crippen molar-refractivity contribution in [2.24, 2.45) is 0 Å². The molecule has 0 amide bonds. The molecule has 32 valence electrons. The van der Waals surface area contributed by atoms with Gasteiger partial charge in [0.15, 0.2) is 0 Å². The lowest BCUT2D eigenvalue weighted by Crippen LogP contribution is -1.07. The highest BCUT2D eigenvalue weighted by molar-refractivity contribution is 8.43. The van der Waals surface area contributed by atoms with Crippen molar-refractivity contribution < 1.29 is 4.20 Å².